The topological polar surface area (TPSA) is 63.2 Å². The number of benzene rings is 1. The number of aromatic nitrogens is 1. The van der Waals surface area contributed by atoms with Gasteiger partial charge < -0.3 is 5.32 Å². The highest BCUT2D eigenvalue weighted by Gasteiger charge is 2.23. The van der Waals surface area contributed by atoms with Crippen molar-refractivity contribution >= 4 is 42.3 Å². The summed E-state index contributed by atoms with van der Waals surface area (Å²) in [5.74, 6) is -2.21. The Labute approximate surface area is 149 Å². The maximum atomic E-state index is 14.3. The summed E-state index contributed by atoms with van der Waals surface area (Å²) in [5, 5.41) is 3.08. The van der Waals surface area contributed by atoms with E-state index in [0.29, 0.717) is 23.0 Å². The molecule has 1 aromatic carbocycles. The van der Waals surface area contributed by atoms with Crippen molar-refractivity contribution in [3.05, 3.63) is 46.6 Å². The SMILES string of the molecule is Bc1cc(Cl)cnc1Nc1c(C(=O)NOCC2CC2)ccc(F)c1F. The fraction of sp³-hybridized carbons (Fsp3) is 0.250. The third kappa shape index (κ3) is 4.26. The number of carbonyl (C=O) groups is 1. The van der Waals surface area contributed by atoms with E-state index in [2.05, 4.69) is 15.8 Å². The van der Waals surface area contributed by atoms with Crippen LogP contribution in [0.25, 0.3) is 0 Å². The summed E-state index contributed by atoms with van der Waals surface area (Å²) < 4.78 is 27.9. The van der Waals surface area contributed by atoms with Gasteiger partial charge in [-0.25, -0.2) is 19.2 Å². The van der Waals surface area contributed by atoms with Gasteiger partial charge in [-0.3, -0.25) is 9.63 Å². The molecular weight excluding hydrogens is 350 g/mol. The third-order valence-electron chi connectivity index (χ3n) is 3.81. The molecule has 0 atom stereocenters. The fourth-order valence-corrected chi connectivity index (χ4v) is 2.43. The van der Waals surface area contributed by atoms with Crippen molar-refractivity contribution in [3.8, 4) is 0 Å². The van der Waals surface area contributed by atoms with Gasteiger partial charge in [0.15, 0.2) is 11.6 Å². The maximum Gasteiger partial charge on any atom is 0.277 e. The van der Waals surface area contributed by atoms with Crippen molar-refractivity contribution in [1.82, 2.24) is 10.5 Å². The number of hydrogen-bond donors (Lipinski definition) is 2. The molecule has 0 bridgehead atoms. The molecule has 1 fully saturated rings. The number of nitrogens with one attached hydrogen (secondary N) is 2. The number of rotatable bonds is 6. The van der Waals surface area contributed by atoms with E-state index in [1.807, 2.05) is 0 Å². The number of halogens is 3. The minimum Gasteiger partial charge on any atom is -0.338 e. The minimum absolute atomic E-state index is 0.0918. The smallest absolute Gasteiger partial charge is 0.277 e. The van der Waals surface area contributed by atoms with Crippen LogP contribution in [-0.4, -0.2) is 25.3 Å². The summed E-state index contributed by atoms with van der Waals surface area (Å²) in [6.45, 7) is 0.399. The van der Waals surface area contributed by atoms with Crippen LogP contribution in [0.3, 0.4) is 0 Å². The first-order chi connectivity index (χ1) is 12.0. The van der Waals surface area contributed by atoms with E-state index in [0.717, 1.165) is 18.9 Å². The molecule has 5 nitrogen and oxygen atoms in total. The number of anilines is 2. The van der Waals surface area contributed by atoms with E-state index < -0.39 is 17.5 Å². The van der Waals surface area contributed by atoms with Gasteiger partial charge >= 0.3 is 0 Å². The number of nitrogens with zero attached hydrogens (tertiary/aromatic N) is 1. The van der Waals surface area contributed by atoms with Crippen LogP contribution in [0.1, 0.15) is 23.2 Å². The molecular formula is C16H15BClF2N3O2. The molecule has 2 aromatic rings. The molecule has 0 aliphatic heterocycles. The summed E-state index contributed by atoms with van der Waals surface area (Å²) in [4.78, 5) is 21.4. The number of hydrogen-bond acceptors (Lipinski definition) is 4. The van der Waals surface area contributed by atoms with E-state index in [1.54, 1.807) is 13.9 Å². The zero-order valence-electron chi connectivity index (χ0n) is 13.4. The van der Waals surface area contributed by atoms with Gasteiger partial charge in [0.2, 0.25) is 0 Å². The Kier molecular flexibility index (Phi) is 5.20. The second-order valence-corrected chi connectivity index (χ2v) is 6.35. The summed E-state index contributed by atoms with van der Waals surface area (Å²) >= 11 is 5.84. The lowest BCUT2D eigenvalue weighted by molar-refractivity contribution is 0.0270. The van der Waals surface area contributed by atoms with Crippen molar-refractivity contribution in [3.63, 3.8) is 0 Å². The molecule has 1 aliphatic carbocycles. The Hall–Kier alpha value is -2.19. The zero-order chi connectivity index (χ0) is 18.0. The number of hydroxylamine groups is 1. The fourth-order valence-electron chi connectivity index (χ4n) is 2.22. The van der Waals surface area contributed by atoms with Crippen LogP contribution in [0.4, 0.5) is 20.3 Å². The van der Waals surface area contributed by atoms with E-state index in [-0.39, 0.29) is 17.1 Å². The highest BCUT2D eigenvalue weighted by Crippen LogP contribution is 2.29. The summed E-state index contributed by atoms with van der Waals surface area (Å²) in [5.41, 5.74) is 2.47. The van der Waals surface area contributed by atoms with E-state index in [4.69, 9.17) is 16.4 Å². The van der Waals surface area contributed by atoms with Gasteiger partial charge in [0.05, 0.1) is 22.9 Å². The quantitative estimate of drug-likeness (QED) is 0.608. The second-order valence-electron chi connectivity index (χ2n) is 5.91. The molecule has 0 unspecified atom stereocenters. The Morgan fingerprint density at radius 1 is 1.40 bits per heavy atom. The molecule has 0 spiro atoms. The summed E-state index contributed by atoms with van der Waals surface area (Å²) in [7, 11) is 1.71. The van der Waals surface area contributed by atoms with Crippen LogP contribution in [0, 0.1) is 17.6 Å². The van der Waals surface area contributed by atoms with Gasteiger partial charge in [-0.2, -0.15) is 0 Å². The highest BCUT2D eigenvalue weighted by atomic mass is 35.5. The lowest BCUT2D eigenvalue weighted by Crippen LogP contribution is -2.26. The predicted octanol–water partition coefficient (Wildman–Crippen LogP) is 2.09. The van der Waals surface area contributed by atoms with E-state index in [9.17, 15) is 13.6 Å². The van der Waals surface area contributed by atoms with Gasteiger partial charge in [-0.05, 0) is 42.4 Å². The Morgan fingerprint density at radius 3 is 2.84 bits per heavy atom. The standard InChI is InChI=1S/C16H15BClF2N3O2/c17-11-5-9(18)6-21-15(11)22-14-10(3-4-12(19)13(14)20)16(24)23-25-7-8-1-2-8/h3-6,8H,1-2,7,17H2,(H,21,22)(H,23,24). The first-order valence-electron chi connectivity index (χ1n) is 7.75. The van der Waals surface area contributed by atoms with Crippen molar-refractivity contribution in [2.45, 2.75) is 12.8 Å². The van der Waals surface area contributed by atoms with Gasteiger partial charge in [0.25, 0.3) is 5.91 Å². The summed E-state index contributed by atoms with van der Waals surface area (Å²) in [6, 6.07) is 3.69. The van der Waals surface area contributed by atoms with Gasteiger partial charge in [-0.1, -0.05) is 11.6 Å². The summed E-state index contributed by atoms with van der Waals surface area (Å²) in [6.07, 6.45) is 3.50. The molecule has 3 rings (SSSR count). The van der Waals surface area contributed by atoms with E-state index >= 15 is 0 Å². The molecule has 0 radical (unpaired) electrons. The van der Waals surface area contributed by atoms with Crippen molar-refractivity contribution < 1.29 is 18.4 Å². The predicted molar refractivity (Wildman–Crippen MR) is 93.2 cm³/mol. The van der Waals surface area contributed by atoms with Crippen molar-refractivity contribution in [1.29, 1.82) is 0 Å². The highest BCUT2D eigenvalue weighted by molar-refractivity contribution is 6.38. The molecule has 1 saturated carbocycles. The van der Waals surface area contributed by atoms with Crippen LogP contribution in [0.15, 0.2) is 24.4 Å². The van der Waals surface area contributed by atoms with Crippen LogP contribution in [-0.2, 0) is 4.84 Å². The van der Waals surface area contributed by atoms with Crippen LogP contribution in [0.5, 0.6) is 0 Å². The molecule has 25 heavy (non-hydrogen) atoms. The molecule has 2 N–H and O–H groups in total. The number of pyridine rings is 1. The zero-order valence-corrected chi connectivity index (χ0v) is 14.2. The molecule has 1 aromatic heterocycles. The average Bonchev–Trinajstić information content (AvgIpc) is 3.38. The van der Waals surface area contributed by atoms with E-state index in [1.165, 1.54) is 12.3 Å². The van der Waals surface area contributed by atoms with Gasteiger partial charge in [0.1, 0.15) is 13.7 Å². The number of amides is 1. The first-order valence-corrected chi connectivity index (χ1v) is 8.13. The normalized spacial score (nSPS) is 13.6. The molecule has 1 amide bonds. The van der Waals surface area contributed by atoms with Crippen LogP contribution < -0.4 is 16.3 Å². The molecule has 130 valence electrons. The maximum absolute atomic E-state index is 14.3. The monoisotopic (exact) mass is 365 g/mol. The van der Waals surface area contributed by atoms with Crippen LogP contribution >= 0.6 is 11.6 Å². The van der Waals surface area contributed by atoms with Gasteiger partial charge in [-0.15, -0.1) is 0 Å². The molecule has 1 aliphatic rings. The number of carbonyl (C=O) groups excluding carboxylic acids is 1. The molecule has 0 saturated heterocycles. The van der Waals surface area contributed by atoms with Crippen molar-refractivity contribution in [2.24, 2.45) is 5.92 Å². The van der Waals surface area contributed by atoms with Gasteiger partial charge in [0, 0.05) is 6.20 Å². The average molecular weight is 366 g/mol. The lowest BCUT2D eigenvalue weighted by atomic mass is 9.97. The molecule has 9 heteroatoms. The third-order valence-corrected chi connectivity index (χ3v) is 4.02. The van der Waals surface area contributed by atoms with Crippen LogP contribution in [0.2, 0.25) is 5.02 Å². The Bertz CT molecular complexity index is 818. The second kappa shape index (κ2) is 7.37. The first kappa shape index (κ1) is 17.6. The minimum atomic E-state index is -1.18. The van der Waals surface area contributed by atoms with Crippen molar-refractivity contribution in [2.75, 3.05) is 11.9 Å². The molecule has 1 heterocycles. The Balaban J connectivity index is 1.85. The lowest BCUT2D eigenvalue weighted by Gasteiger charge is -2.14. The Morgan fingerprint density at radius 2 is 2.16 bits per heavy atom. The largest absolute Gasteiger partial charge is 0.338 e.